The summed E-state index contributed by atoms with van der Waals surface area (Å²) in [7, 11) is 3.45. The maximum Gasteiger partial charge on any atom is 0.260 e. The second-order valence-electron chi connectivity index (χ2n) is 10.3. The molecule has 0 unspecified atom stereocenters. The number of methoxy groups -OCH3 is 1. The van der Waals surface area contributed by atoms with Gasteiger partial charge in [0, 0.05) is 43.9 Å². The van der Waals surface area contributed by atoms with E-state index in [1.807, 2.05) is 41.0 Å². The number of fused-ring (bicyclic) bond motifs is 2. The number of carbonyl (C=O) groups is 2. The van der Waals surface area contributed by atoms with Gasteiger partial charge in [-0.1, -0.05) is 6.92 Å². The average molecular weight is 488 g/mol. The summed E-state index contributed by atoms with van der Waals surface area (Å²) in [4.78, 5) is 31.6. The van der Waals surface area contributed by atoms with Crippen molar-refractivity contribution in [1.82, 2.24) is 29.3 Å². The molecule has 3 atom stereocenters. The summed E-state index contributed by atoms with van der Waals surface area (Å²) in [5, 5.41) is 12.9. The highest BCUT2D eigenvalue weighted by molar-refractivity contribution is 6.08. The Bertz CT molecular complexity index is 1490. The van der Waals surface area contributed by atoms with Crippen LogP contribution in [0.25, 0.3) is 16.6 Å². The second-order valence-corrected chi connectivity index (χ2v) is 10.3. The standard InChI is InChI=1S/C26H29N7O3/c1-16-11-26(12-24(34)31(2)15-26)7-6-20(16)32-14-17-9-18(21(36-3)10-19(17)30-32)25(35)29-23-13-27-22-5-4-8-28-33(22)23/h4-5,8-10,13-14,16,20H,6-7,11-12,15H2,1-3H3,(H,29,35)/t16-,20-,26-/m1/s1. The molecule has 36 heavy (non-hydrogen) atoms. The fourth-order valence-electron chi connectivity index (χ4n) is 6.15. The minimum atomic E-state index is -0.308. The monoisotopic (exact) mass is 487 g/mol. The number of amides is 2. The molecule has 10 nitrogen and oxygen atoms in total. The van der Waals surface area contributed by atoms with Crippen LogP contribution in [0, 0.1) is 11.3 Å². The first-order valence-electron chi connectivity index (χ1n) is 12.3. The Hall–Kier alpha value is -3.95. The third kappa shape index (κ3) is 3.68. The highest BCUT2D eigenvalue weighted by Crippen LogP contribution is 2.49. The third-order valence-corrected chi connectivity index (χ3v) is 7.85. The van der Waals surface area contributed by atoms with Gasteiger partial charge in [-0.2, -0.15) is 14.7 Å². The Morgan fingerprint density at radius 1 is 1.31 bits per heavy atom. The minimum Gasteiger partial charge on any atom is -0.496 e. The molecule has 3 aromatic heterocycles. The Balaban J connectivity index is 1.26. The molecule has 10 heteroatoms. The van der Waals surface area contributed by atoms with Gasteiger partial charge in [-0.3, -0.25) is 14.3 Å². The van der Waals surface area contributed by atoms with Gasteiger partial charge in [0.05, 0.1) is 30.4 Å². The Kier molecular flexibility index (Phi) is 5.20. The Morgan fingerprint density at radius 2 is 2.17 bits per heavy atom. The Labute approximate surface area is 208 Å². The number of benzene rings is 1. The summed E-state index contributed by atoms with van der Waals surface area (Å²) in [5.74, 6) is 1.27. The summed E-state index contributed by atoms with van der Waals surface area (Å²) < 4.78 is 9.17. The quantitative estimate of drug-likeness (QED) is 0.472. The van der Waals surface area contributed by atoms with Crippen LogP contribution in [-0.4, -0.2) is 61.8 Å². The van der Waals surface area contributed by atoms with E-state index in [4.69, 9.17) is 9.84 Å². The lowest BCUT2D eigenvalue weighted by Gasteiger charge is -2.40. The highest BCUT2D eigenvalue weighted by Gasteiger charge is 2.46. The van der Waals surface area contributed by atoms with E-state index < -0.39 is 0 Å². The first-order valence-corrected chi connectivity index (χ1v) is 12.3. The van der Waals surface area contributed by atoms with Crippen LogP contribution in [0.15, 0.2) is 42.9 Å². The van der Waals surface area contributed by atoms with Crippen molar-refractivity contribution < 1.29 is 14.3 Å². The van der Waals surface area contributed by atoms with Gasteiger partial charge >= 0.3 is 0 Å². The van der Waals surface area contributed by atoms with Crippen LogP contribution in [0.2, 0.25) is 0 Å². The molecule has 2 aliphatic rings. The predicted octanol–water partition coefficient (Wildman–Crippen LogP) is 3.55. The molecule has 1 aliphatic carbocycles. The van der Waals surface area contributed by atoms with Crippen molar-refractivity contribution in [3.05, 3.63) is 48.4 Å². The number of ether oxygens (including phenoxy) is 1. The third-order valence-electron chi connectivity index (χ3n) is 7.85. The van der Waals surface area contributed by atoms with E-state index in [1.54, 1.807) is 30.1 Å². The molecule has 4 heterocycles. The molecular formula is C26H29N7O3. The van der Waals surface area contributed by atoms with Gasteiger partial charge in [0.2, 0.25) is 5.91 Å². The lowest BCUT2D eigenvalue weighted by atomic mass is 9.67. The van der Waals surface area contributed by atoms with Crippen LogP contribution in [0.5, 0.6) is 5.75 Å². The van der Waals surface area contributed by atoms with Gasteiger partial charge in [0.15, 0.2) is 11.5 Å². The van der Waals surface area contributed by atoms with Crippen molar-refractivity contribution in [1.29, 1.82) is 0 Å². The molecular weight excluding hydrogens is 458 g/mol. The van der Waals surface area contributed by atoms with E-state index in [0.717, 1.165) is 36.7 Å². The number of anilines is 1. The number of imidazole rings is 1. The molecule has 1 aliphatic heterocycles. The zero-order chi connectivity index (χ0) is 25.0. The molecule has 2 amide bonds. The van der Waals surface area contributed by atoms with Gasteiger partial charge in [0.1, 0.15) is 5.75 Å². The van der Waals surface area contributed by atoms with Gasteiger partial charge in [0.25, 0.3) is 5.91 Å². The minimum absolute atomic E-state index is 0.0928. The molecule has 0 radical (unpaired) electrons. The van der Waals surface area contributed by atoms with Crippen molar-refractivity contribution >= 4 is 34.2 Å². The first kappa shape index (κ1) is 22.5. The predicted molar refractivity (Wildman–Crippen MR) is 134 cm³/mol. The topological polar surface area (TPSA) is 107 Å². The molecule has 1 saturated carbocycles. The zero-order valence-corrected chi connectivity index (χ0v) is 20.6. The van der Waals surface area contributed by atoms with Crippen molar-refractivity contribution in [2.24, 2.45) is 11.3 Å². The van der Waals surface area contributed by atoms with Gasteiger partial charge in [-0.15, -0.1) is 0 Å². The van der Waals surface area contributed by atoms with Crippen LogP contribution in [0.4, 0.5) is 5.82 Å². The van der Waals surface area contributed by atoms with Crippen molar-refractivity contribution in [2.45, 2.75) is 38.6 Å². The van der Waals surface area contributed by atoms with Crippen molar-refractivity contribution in [3.63, 3.8) is 0 Å². The number of rotatable bonds is 4. The van der Waals surface area contributed by atoms with E-state index in [9.17, 15) is 9.59 Å². The number of nitrogens with one attached hydrogen (secondary N) is 1. The summed E-state index contributed by atoms with van der Waals surface area (Å²) in [5.41, 5.74) is 1.94. The Morgan fingerprint density at radius 3 is 2.92 bits per heavy atom. The number of nitrogens with zero attached hydrogens (tertiary/aromatic N) is 6. The highest BCUT2D eigenvalue weighted by atomic mass is 16.5. The van der Waals surface area contributed by atoms with Crippen molar-refractivity contribution in [2.75, 3.05) is 26.0 Å². The van der Waals surface area contributed by atoms with Gasteiger partial charge in [-0.05, 0) is 48.8 Å². The number of likely N-dealkylation sites (tertiary alicyclic amines) is 1. The van der Waals surface area contributed by atoms with Crippen LogP contribution in [0.3, 0.4) is 0 Å². The van der Waals surface area contributed by atoms with E-state index in [1.165, 1.54) is 0 Å². The summed E-state index contributed by atoms with van der Waals surface area (Å²) >= 11 is 0. The van der Waals surface area contributed by atoms with E-state index >= 15 is 0 Å². The largest absolute Gasteiger partial charge is 0.496 e. The number of aromatic nitrogens is 5. The summed E-state index contributed by atoms with van der Waals surface area (Å²) in [6.07, 6.45) is 8.89. The fourth-order valence-corrected chi connectivity index (χ4v) is 6.15. The average Bonchev–Trinajstić information content (AvgIpc) is 3.53. The summed E-state index contributed by atoms with van der Waals surface area (Å²) in [6.45, 7) is 3.10. The van der Waals surface area contributed by atoms with E-state index in [-0.39, 0.29) is 23.3 Å². The number of hydrogen-bond acceptors (Lipinski definition) is 6. The molecule has 1 aromatic carbocycles. The smallest absolute Gasteiger partial charge is 0.260 e. The fraction of sp³-hybridized carbons (Fsp3) is 0.423. The zero-order valence-electron chi connectivity index (χ0n) is 20.6. The molecule has 186 valence electrons. The van der Waals surface area contributed by atoms with Crippen LogP contribution >= 0.6 is 0 Å². The maximum atomic E-state index is 13.2. The first-order chi connectivity index (χ1) is 17.4. The van der Waals surface area contributed by atoms with Gasteiger partial charge in [-0.25, -0.2) is 4.98 Å². The molecule has 2 fully saturated rings. The molecule has 6 rings (SSSR count). The van der Waals surface area contributed by atoms with E-state index in [0.29, 0.717) is 35.1 Å². The summed E-state index contributed by atoms with van der Waals surface area (Å²) in [6, 6.07) is 7.49. The van der Waals surface area contributed by atoms with E-state index in [2.05, 4.69) is 22.3 Å². The van der Waals surface area contributed by atoms with Crippen molar-refractivity contribution in [3.8, 4) is 5.75 Å². The molecule has 1 N–H and O–H groups in total. The molecule has 1 saturated heterocycles. The number of hydrogen-bond donors (Lipinski definition) is 1. The molecule has 4 aromatic rings. The second kappa shape index (κ2) is 8.32. The van der Waals surface area contributed by atoms with Crippen LogP contribution < -0.4 is 10.1 Å². The van der Waals surface area contributed by atoms with Gasteiger partial charge < -0.3 is 15.0 Å². The molecule has 0 bridgehead atoms. The number of carbonyl (C=O) groups excluding carboxylic acids is 2. The maximum absolute atomic E-state index is 13.2. The van der Waals surface area contributed by atoms with Crippen LogP contribution in [0.1, 0.15) is 49.0 Å². The normalized spacial score (nSPS) is 24.2. The lowest BCUT2D eigenvalue weighted by Crippen LogP contribution is -2.35. The SMILES string of the molecule is COc1cc2nn([C@@H]3CC[C@]4(CC(=O)N(C)C4)C[C@H]3C)cc2cc1C(=O)Nc1cnc2cccnn12. The lowest BCUT2D eigenvalue weighted by molar-refractivity contribution is -0.126. The van der Waals surface area contributed by atoms with Crippen LogP contribution in [-0.2, 0) is 4.79 Å². The molecule has 1 spiro atoms.